The molecule has 0 saturated heterocycles. The average molecular weight is 451 g/mol. The lowest BCUT2D eigenvalue weighted by molar-refractivity contribution is -0.253. The standard InChI is InChI=1S/C26H46N2O4/c1-2-3-4-5-6-7-8-9-10-11-12-13-14-15-16-17-20-27-26(30)28-24-18-19-25(29)23(21-24)22-32-31/h18-19,21,29,31H,2-17,20,22H2,1H3,(H2,27,28,30). The lowest BCUT2D eigenvalue weighted by Crippen LogP contribution is -2.29. The quantitative estimate of drug-likeness (QED) is 0.0707. The number of urea groups is 1. The topological polar surface area (TPSA) is 90.8 Å². The van der Waals surface area contributed by atoms with Gasteiger partial charge in [-0.3, -0.25) is 5.26 Å². The molecule has 0 aromatic heterocycles. The van der Waals surface area contributed by atoms with Crippen LogP contribution in [0.4, 0.5) is 10.5 Å². The van der Waals surface area contributed by atoms with Crippen molar-refractivity contribution in [2.24, 2.45) is 0 Å². The molecule has 0 spiro atoms. The Labute approximate surface area is 195 Å². The minimum Gasteiger partial charge on any atom is -0.508 e. The molecule has 0 unspecified atom stereocenters. The summed E-state index contributed by atoms with van der Waals surface area (Å²) in [5.74, 6) is 0.0122. The maximum absolute atomic E-state index is 12.0. The van der Waals surface area contributed by atoms with E-state index in [2.05, 4.69) is 22.4 Å². The van der Waals surface area contributed by atoms with Gasteiger partial charge in [0, 0.05) is 17.8 Å². The van der Waals surface area contributed by atoms with E-state index in [-0.39, 0.29) is 18.4 Å². The van der Waals surface area contributed by atoms with E-state index in [0.717, 1.165) is 12.8 Å². The molecule has 32 heavy (non-hydrogen) atoms. The van der Waals surface area contributed by atoms with Gasteiger partial charge >= 0.3 is 6.03 Å². The van der Waals surface area contributed by atoms with Crippen LogP contribution in [-0.4, -0.2) is 22.9 Å². The summed E-state index contributed by atoms with van der Waals surface area (Å²) in [6.07, 6.45) is 21.3. The van der Waals surface area contributed by atoms with Crippen molar-refractivity contribution in [2.75, 3.05) is 11.9 Å². The monoisotopic (exact) mass is 450 g/mol. The molecule has 2 amide bonds. The summed E-state index contributed by atoms with van der Waals surface area (Å²) >= 11 is 0. The van der Waals surface area contributed by atoms with E-state index in [4.69, 9.17) is 5.26 Å². The summed E-state index contributed by atoms with van der Waals surface area (Å²) in [6.45, 7) is 2.78. The fourth-order valence-electron chi connectivity index (χ4n) is 3.90. The number of aromatic hydroxyl groups is 1. The smallest absolute Gasteiger partial charge is 0.319 e. The molecule has 1 aromatic carbocycles. The Morgan fingerprint density at radius 3 is 1.81 bits per heavy atom. The molecule has 0 radical (unpaired) electrons. The fraction of sp³-hybridized carbons (Fsp3) is 0.731. The van der Waals surface area contributed by atoms with Crippen molar-refractivity contribution in [2.45, 2.75) is 116 Å². The minimum absolute atomic E-state index is 0.0122. The maximum atomic E-state index is 12.0. The van der Waals surface area contributed by atoms with Gasteiger partial charge in [-0.1, -0.05) is 103 Å². The van der Waals surface area contributed by atoms with Crippen LogP contribution in [0, 0.1) is 0 Å². The Hall–Kier alpha value is -1.79. The van der Waals surface area contributed by atoms with Crippen LogP contribution in [0.5, 0.6) is 5.75 Å². The summed E-state index contributed by atoms with van der Waals surface area (Å²) in [5.41, 5.74) is 0.947. The maximum Gasteiger partial charge on any atom is 0.319 e. The van der Waals surface area contributed by atoms with Gasteiger partial charge in [-0.15, -0.1) is 0 Å². The first kappa shape index (κ1) is 28.2. The molecule has 0 heterocycles. The summed E-state index contributed by atoms with van der Waals surface area (Å²) in [4.78, 5) is 16.0. The van der Waals surface area contributed by atoms with Gasteiger partial charge in [0.1, 0.15) is 12.4 Å². The average Bonchev–Trinajstić information content (AvgIpc) is 2.78. The SMILES string of the molecule is CCCCCCCCCCCCCCCCCCNC(=O)Nc1ccc(O)c(COO)c1. The lowest BCUT2D eigenvalue weighted by Gasteiger charge is -2.10. The van der Waals surface area contributed by atoms with Gasteiger partial charge < -0.3 is 15.7 Å². The first-order valence-electron chi connectivity index (χ1n) is 12.8. The first-order chi connectivity index (χ1) is 15.7. The van der Waals surface area contributed by atoms with E-state index in [1.165, 1.54) is 96.0 Å². The molecule has 184 valence electrons. The van der Waals surface area contributed by atoms with Crippen LogP contribution in [-0.2, 0) is 11.5 Å². The normalized spacial score (nSPS) is 10.9. The number of benzene rings is 1. The zero-order valence-electron chi connectivity index (χ0n) is 20.2. The molecule has 0 atom stereocenters. The van der Waals surface area contributed by atoms with Gasteiger partial charge in [0.2, 0.25) is 0 Å². The van der Waals surface area contributed by atoms with Crippen LogP contribution in [0.25, 0.3) is 0 Å². The number of phenolic OH excluding ortho intramolecular Hbond substituents is 1. The molecule has 0 aliphatic heterocycles. The number of phenols is 1. The number of rotatable bonds is 20. The van der Waals surface area contributed by atoms with E-state index in [1.54, 1.807) is 12.1 Å². The van der Waals surface area contributed by atoms with Gasteiger partial charge in [0.25, 0.3) is 0 Å². The molecule has 1 rings (SSSR count). The summed E-state index contributed by atoms with van der Waals surface area (Å²) in [6, 6.07) is 4.36. The van der Waals surface area contributed by atoms with Crippen molar-refractivity contribution in [1.82, 2.24) is 5.32 Å². The third-order valence-electron chi connectivity index (χ3n) is 5.87. The van der Waals surface area contributed by atoms with Crippen LogP contribution in [0.15, 0.2) is 18.2 Å². The van der Waals surface area contributed by atoms with E-state index in [0.29, 0.717) is 17.8 Å². The van der Waals surface area contributed by atoms with E-state index < -0.39 is 0 Å². The Balaban J connectivity index is 1.89. The molecule has 6 nitrogen and oxygen atoms in total. The number of anilines is 1. The molecule has 1 aromatic rings. The lowest BCUT2D eigenvalue weighted by atomic mass is 10.0. The number of unbranched alkanes of at least 4 members (excludes halogenated alkanes) is 15. The molecule has 0 aliphatic carbocycles. The molecular weight excluding hydrogens is 404 g/mol. The zero-order valence-corrected chi connectivity index (χ0v) is 20.2. The Morgan fingerprint density at radius 2 is 1.31 bits per heavy atom. The number of hydrogen-bond acceptors (Lipinski definition) is 4. The third kappa shape index (κ3) is 15.1. The van der Waals surface area contributed by atoms with Crippen LogP contribution in [0.3, 0.4) is 0 Å². The Kier molecular flexibility index (Phi) is 17.5. The van der Waals surface area contributed by atoms with Gasteiger partial charge in [-0.05, 0) is 24.6 Å². The summed E-state index contributed by atoms with van der Waals surface area (Å²) < 4.78 is 0. The number of carbonyl (C=O) groups is 1. The van der Waals surface area contributed by atoms with E-state index >= 15 is 0 Å². The van der Waals surface area contributed by atoms with Gasteiger partial charge in [-0.25, -0.2) is 9.68 Å². The molecule has 0 aliphatic rings. The highest BCUT2D eigenvalue weighted by atomic mass is 17.1. The van der Waals surface area contributed by atoms with Crippen LogP contribution in [0.2, 0.25) is 0 Å². The van der Waals surface area contributed by atoms with E-state index in [1.807, 2.05) is 0 Å². The molecule has 6 heteroatoms. The van der Waals surface area contributed by atoms with Crippen LogP contribution >= 0.6 is 0 Å². The largest absolute Gasteiger partial charge is 0.508 e. The van der Waals surface area contributed by atoms with Gasteiger partial charge in [-0.2, -0.15) is 0 Å². The molecule has 0 bridgehead atoms. The van der Waals surface area contributed by atoms with Crippen molar-refractivity contribution in [3.8, 4) is 5.75 Å². The Bertz CT molecular complexity index is 595. The zero-order chi connectivity index (χ0) is 23.3. The van der Waals surface area contributed by atoms with Gasteiger partial charge in [0.05, 0.1) is 0 Å². The highest BCUT2D eigenvalue weighted by molar-refractivity contribution is 5.89. The number of hydrogen-bond donors (Lipinski definition) is 4. The molecule has 0 fully saturated rings. The van der Waals surface area contributed by atoms with E-state index in [9.17, 15) is 9.90 Å². The first-order valence-corrected chi connectivity index (χ1v) is 12.8. The molecule has 0 saturated carbocycles. The summed E-state index contributed by atoms with van der Waals surface area (Å²) in [7, 11) is 0. The van der Waals surface area contributed by atoms with Crippen molar-refractivity contribution < 1.29 is 20.0 Å². The summed E-state index contributed by atoms with van der Waals surface area (Å²) in [5, 5.41) is 23.7. The van der Waals surface area contributed by atoms with Crippen molar-refractivity contribution >= 4 is 11.7 Å². The highest BCUT2D eigenvalue weighted by Gasteiger charge is 2.06. The van der Waals surface area contributed by atoms with Crippen molar-refractivity contribution in [3.05, 3.63) is 23.8 Å². The number of carbonyl (C=O) groups excluding carboxylic acids is 1. The van der Waals surface area contributed by atoms with Crippen molar-refractivity contribution in [3.63, 3.8) is 0 Å². The predicted molar refractivity (Wildman–Crippen MR) is 132 cm³/mol. The van der Waals surface area contributed by atoms with Crippen LogP contribution < -0.4 is 10.6 Å². The molecular formula is C26H46N2O4. The van der Waals surface area contributed by atoms with Crippen LogP contribution in [0.1, 0.15) is 115 Å². The number of nitrogens with one attached hydrogen (secondary N) is 2. The second kappa shape index (κ2) is 19.9. The minimum atomic E-state index is -0.271. The molecule has 4 N–H and O–H groups in total. The number of amides is 2. The fourth-order valence-corrected chi connectivity index (χ4v) is 3.90. The second-order valence-electron chi connectivity index (χ2n) is 8.80. The highest BCUT2D eigenvalue weighted by Crippen LogP contribution is 2.22. The second-order valence-corrected chi connectivity index (χ2v) is 8.80. The van der Waals surface area contributed by atoms with Crippen molar-refractivity contribution in [1.29, 1.82) is 0 Å². The predicted octanol–water partition coefficient (Wildman–Crippen LogP) is 7.76. The third-order valence-corrected chi connectivity index (χ3v) is 5.87. The Morgan fingerprint density at radius 1 is 0.812 bits per heavy atom. The van der Waals surface area contributed by atoms with Gasteiger partial charge in [0.15, 0.2) is 0 Å².